The fraction of sp³-hybridized carbons (Fsp3) is 0.538. The number of nitrogens with zero attached hydrogens (tertiary/aromatic N) is 2. The number of aromatic nitrogens is 1. The number of rotatable bonds is 3. The van der Waals surface area contributed by atoms with Crippen molar-refractivity contribution in [1.29, 1.82) is 0 Å². The number of nitrogen functional groups attached to an aromatic ring is 1. The van der Waals surface area contributed by atoms with E-state index in [0.29, 0.717) is 18.5 Å². The molecule has 0 saturated carbocycles. The number of nitrogens with two attached hydrogens (primary N) is 1. The van der Waals surface area contributed by atoms with Crippen LogP contribution in [-0.2, 0) is 4.74 Å². The van der Waals surface area contributed by atoms with Gasteiger partial charge in [0.25, 0.3) is 0 Å². The third-order valence-electron chi connectivity index (χ3n) is 3.17. The number of pyridine rings is 1. The van der Waals surface area contributed by atoms with Crippen LogP contribution in [0, 0.1) is 0 Å². The molecule has 6 nitrogen and oxygen atoms in total. The van der Waals surface area contributed by atoms with Crippen LogP contribution in [0.2, 0.25) is 0 Å². The minimum atomic E-state index is -0.214. The maximum absolute atomic E-state index is 11.6. The average molecular weight is 264 g/mol. The summed E-state index contributed by atoms with van der Waals surface area (Å²) < 4.78 is 4.99. The summed E-state index contributed by atoms with van der Waals surface area (Å²) >= 11 is 0. The van der Waals surface area contributed by atoms with Gasteiger partial charge in [-0.15, -0.1) is 0 Å². The van der Waals surface area contributed by atoms with Crippen LogP contribution in [0.5, 0.6) is 0 Å². The second-order valence-corrected chi connectivity index (χ2v) is 4.57. The van der Waals surface area contributed by atoms with E-state index in [-0.39, 0.29) is 6.09 Å². The lowest BCUT2D eigenvalue weighted by Gasteiger charge is -2.32. The SMILES string of the molecule is CCOC(=O)N1CCC(Nc2ccnc(N)c2)CC1. The molecule has 0 bridgehead atoms. The first kappa shape index (κ1) is 13.5. The number of nitrogens with one attached hydrogen (secondary N) is 1. The van der Waals surface area contributed by atoms with Crippen molar-refractivity contribution < 1.29 is 9.53 Å². The first-order valence-corrected chi connectivity index (χ1v) is 6.59. The Morgan fingerprint density at radius 3 is 2.95 bits per heavy atom. The molecule has 0 atom stereocenters. The molecule has 0 aromatic carbocycles. The first-order valence-electron chi connectivity index (χ1n) is 6.59. The average Bonchev–Trinajstić information content (AvgIpc) is 2.40. The van der Waals surface area contributed by atoms with Gasteiger partial charge in [0.2, 0.25) is 0 Å². The second-order valence-electron chi connectivity index (χ2n) is 4.57. The molecule has 104 valence electrons. The molecule has 1 saturated heterocycles. The van der Waals surface area contributed by atoms with E-state index in [1.165, 1.54) is 0 Å². The highest BCUT2D eigenvalue weighted by Crippen LogP contribution is 2.17. The fourth-order valence-corrected chi connectivity index (χ4v) is 2.19. The van der Waals surface area contributed by atoms with Gasteiger partial charge in [-0.05, 0) is 25.8 Å². The van der Waals surface area contributed by atoms with Crippen molar-refractivity contribution in [2.45, 2.75) is 25.8 Å². The molecule has 0 radical (unpaired) electrons. The predicted octanol–water partition coefficient (Wildman–Crippen LogP) is 1.70. The van der Waals surface area contributed by atoms with Crippen molar-refractivity contribution >= 4 is 17.6 Å². The van der Waals surface area contributed by atoms with Gasteiger partial charge in [-0.1, -0.05) is 0 Å². The minimum absolute atomic E-state index is 0.214. The second kappa shape index (κ2) is 6.26. The summed E-state index contributed by atoms with van der Waals surface area (Å²) in [5.41, 5.74) is 6.61. The lowest BCUT2D eigenvalue weighted by Crippen LogP contribution is -2.42. The number of carbonyl (C=O) groups excluding carboxylic acids is 1. The van der Waals surface area contributed by atoms with Crippen molar-refractivity contribution in [3.8, 4) is 0 Å². The standard InChI is InChI=1S/C13H20N4O2/c1-2-19-13(18)17-7-4-10(5-8-17)16-11-3-6-15-12(14)9-11/h3,6,9-10H,2,4-5,7-8H2,1H3,(H3,14,15,16). The van der Waals surface area contributed by atoms with E-state index >= 15 is 0 Å². The number of hydrogen-bond acceptors (Lipinski definition) is 5. The van der Waals surface area contributed by atoms with Gasteiger partial charge in [0.05, 0.1) is 6.61 Å². The summed E-state index contributed by atoms with van der Waals surface area (Å²) in [5, 5.41) is 3.41. The molecule has 0 unspecified atom stereocenters. The minimum Gasteiger partial charge on any atom is -0.450 e. The molecule has 1 fully saturated rings. The van der Waals surface area contributed by atoms with E-state index < -0.39 is 0 Å². The van der Waals surface area contributed by atoms with E-state index in [1.807, 2.05) is 19.1 Å². The van der Waals surface area contributed by atoms with E-state index in [1.54, 1.807) is 11.1 Å². The maximum atomic E-state index is 11.6. The molecule has 3 N–H and O–H groups in total. The van der Waals surface area contributed by atoms with Crippen molar-refractivity contribution in [2.75, 3.05) is 30.7 Å². The van der Waals surface area contributed by atoms with Gasteiger partial charge in [-0.3, -0.25) is 0 Å². The number of ether oxygens (including phenoxy) is 1. The normalized spacial score (nSPS) is 16.2. The van der Waals surface area contributed by atoms with Crippen LogP contribution in [0.4, 0.5) is 16.3 Å². The molecule has 6 heteroatoms. The highest BCUT2D eigenvalue weighted by Gasteiger charge is 2.23. The Kier molecular flexibility index (Phi) is 4.43. The molecular weight excluding hydrogens is 244 g/mol. The zero-order chi connectivity index (χ0) is 13.7. The lowest BCUT2D eigenvalue weighted by atomic mass is 10.1. The van der Waals surface area contributed by atoms with Crippen LogP contribution in [0.1, 0.15) is 19.8 Å². The van der Waals surface area contributed by atoms with Crippen LogP contribution in [-0.4, -0.2) is 41.7 Å². The smallest absolute Gasteiger partial charge is 0.409 e. The summed E-state index contributed by atoms with van der Waals surface area (Å²) in [5.74, 6) is 0.508. The summed E-state index contributed by atoms with van der Waals surface area (Å²) in [4.78, 5) is 17.3. The number of anilines is 2. The topological polar surface area (TPSA) is 80.5 Å². The van der Waals surface area contributed by atoms with Crippen LogP contribution in [0.3, 0.4) is 0 Å². The fourth-order valence-electron chi connectivity index (χ4n) is 2.19. The third kappa shape index (κ3) is 3.74. The van der Waals surface area contributed by atoms with Crippen LogP contribution in [0.25, 0.3) is 0 Å². The monoisotopic (exact) mass is 264 g/mol. The molecule has 19 heavy (non-hydrogen) atoms. The molecule has 1 amide bonds. The van der Waals surface area contributed by atoms with Gasteiger partial charge in [0, 0.05) is 37.1 Å². The Hall–Kier alpha value is -1.98. The predicted molar refractivity (Wildman–Crippen MR) is 73.9 cm³/mol. The molecule has 2 rings (SSSR count). The highest BCUT2D eigenvalue weighted by atomic mass is 16.6. The number of amides is 1. The Balaban J connectivity index is 1.82. The molecule has 2 heterocycles. The summed E-state index contributed by atoms with van der Waals surface area (Å²) in [7, 11) is 0. The molecule has 1 aromatic heterocycles. The Morgan fingerprint density at radius 2 is 2.32 bits per heavy atom. The van der Waals surface area contributed by atoms with Gasteiger partial charge in [0.1, 0.15) is 5.82 Å². The number of likely N-dealkylation sites (tertiary alicyclic amines) is 1. The third-order valence-corrected chi connectivity index (χ3v) is 3.17. The van der Waals surface area contributed by atoms with Crippen LogP contribution in [0.15, 0.2) is 18.3 Å². The van der Waals surface area contributed by atoms with Crippen molar-refractivity contribution in [3.63, 3.8) is 0 Å². The largest absolute Gasteiger partial charge is 0.450 e. The summed E-state index contributed by atoms with van der Waals surface area (Å²) in [6, 6.07) is 4.07. The first-order chi connectivity index (χ1) is 9.19. The Bertz CT molecular complexity index is 430. The molecule has 0 spiro atoms. The number of hydrogen-bond donors (Lipinski definition) is 2. The van der Waals surface area contributed by atoms with Crippen LogP contribution < -0.4 is 11.1 Å². The highest BCUT2D eigenvalue weighted by molar-refractivity contribution is 5.67. The summed E-state index contributed by atoms with van der Waals surface area (Å²) in [6.45, 7) is 3.68. The van der Waals surface area contributed by atoms with Gasteiger partial charge in [0.15, 0.2) is 0 Å². The molecule has 1 aliphatic heterocycles. The van der Waals surface area contributed by atoms with E-state index in [9.17, 15) is 4.79 Å². The van der Waals surface area contributed by atoms with E-state index in [4.69, 9.17) is 10.5 Å². The quantitative estimate of drug-likeness (QED) is 0.868. The molecule has 0 aliphatic carbocycles. The van der Waals surface area contributed by atoms with Gasteiger partial charge >= 0.3 is 6.09 Å². The van der Waals surface area contributed by atoms with Gasteiger partial charge < -0.3 is 20.7 Å². The van der Waals surface area contributed by atoms with E-state index in [2.05, 4.69) is 10.3 Å². The van der Waals surface area contributed by atoms with Crippen molar-refractivity contribution in [1.82, 2.24) is 9.88 Å². The lowest BCUT2D eigenvalue weighted by molar-refractivity contribution is 0.0983. The molecule has 1 aromatic rings. The molecule has 1 aliphatic rings. The van der Waals surface area contributed by atoms with Gasteiger partial charge in [-0.2, -0.15) is 0 Å². The zero-order valence-electron chi connectivity index (χ0n) is 11.1. The maximum Gasteiger partial charge on any atom is 0.409 e. The van der Waals surface area contributed by atoms with Crippen molar-refractivity contribution in [3.05, 3.63) is 18.3 Å². The van der Waals surface area contributed by atoms with Crippen LogP contribution >= 0.6 is 0 Å². The van der Waals surface area contributed by atoms with Crippen molar-refractivity contribution in [2.24, 2.45) is 0 Å². The Morgan fingerprint density at radius 1 is 1.58 bits per heavy atom. The number of piperidine rings is 1. The summed E-state index contributed by atoms with van der Waals surface area (Å²) in [6.07, 6.45) is 3.28. The zero-order valence-corrected chi connectivity index (χ0v) is 11.1. The Labute approximate surface area is 112 Å². The number of carbonyl (C=O) groups is 1. The molecular formula is C13H20N4O2. The van der Waals surface area contributed by atoms with E-state index in [0.717, 1.165) is 31.6 Å². The van der Waals surface area contributed by atoms with Gasteiger partial charge in [-0.25, -0.2) is 9.78 Å².